The van der Waals surface area contributed by atoms with Gasteiger partial charge in [-0.05, 0) is 44.5 Å². The van der Waals surface area contributed by atoms with Crippen molar-refractivity contribution in [2.45, 2.75) is 31.8 Å². The van der Waals surface area contributed by atoms with Gasteiger partial charge >= 0.3 is 5.97 Å². The highest BCUT2D eigenvalue weighted by molar-refractivity contribution is 7.93. The van der Waals surface area contributed by atoms with Gasteiger partial charge in [0.05, 0.1) is 27.6 Å². The molecule has 2 heterocycles. The summed E-state index contributed by atoms with van der Waals surface area (Å²) in [4.78, 5) is 35.7. The highest BCUT2D eigenvalue weighted by atomic mass is 32.2. The lowest BCUT2D eigenvalue weighted by atomic mass is 10.1. The van der Waals surface area contributed by atoms with Gasteiger partial charge in [0.1, 0.15) is 10.8 Å². The Bertz CT molecular complexity index is 1150. The summed E-state index contributed by atoms with van der Waals surface area (Å²) in [6.07, 6.45) is -0.702. The van der Waals surface area contributed by atoms with Gasteiger partial charge in [0.15, 0.2) is 6.10 Å². The van der Waals surface area contributed by atoms with E-state index in [-0.39, 0.29) is 38.2 Å². The summed E-state index contributed by atoms with van der Waals surface area (Å²) >= 11 is 0.739. The summed E-state index contributed by atoms with van der Waals surface area (Å²) in [5.41, 5.74) is 5.68. The van der Waals surface area contributed by atoms with Gasteiger partial charge in [0, 0.05) is 0 Å². The van der Waals surface area contributed by atoms with Crippen molar-refractivity contribution in [1.29, 1.82) is 0 Å². The fourth-order valence-corrected chi connectivity index (χ4v) is 5.18. The third-order valence-corrected chi connectivity index (χ3v) is 6.97. The molecular weight excluding hydrogens is 434 g/mol. The Hall–Kier alpha value is -3.12. The van der Waals surface area contributed by atoms with Crippen LogP contribution in [0.3, 0.4) is 0 Å². The lowest BCUT2D eigenvalue weighted by Crippen LogP contribution is -2.34. The summed E-state index contributed by atoms with van der Waals surface area (Å²) in [7, 11) is -4.18. The van der Waals surface area contributed by atoms with E-state index in [4.69, 9.17) is 15.2 Å². The molecule has 0 radical (unpaired) electrons. The largest absolute Gasteiger partial charge is 0.479 e. The zero-order chi connectivity index (χ0) is 22.2. The molecule has 2 amide bonds. The second-order valence-electron chi connectivity index (χ2n) is 6.36. The zero-order valence-electron chi connectivity index (χ0n) is 16.3. The molecule has 30 heavy (non-hydrogen) atoms. The van der Waals surface area contributed by atoms with Crippen molar-refractivity contribution in [3.8, 4) is 5.75 Å². The van der Waals surface area contributed by atoms with E-state index in [9.17, 15) is 22.8 Å². The number of benzene rings is 1. The predicted octanol–water partition coefficient (Wildman–Crippen LogP) is 1.85. The number of nitrogens with two attached hydrogens (primary N) is 1. The number of sulfonamides is 1. The number of ether oxygens (including phenoxy) is 2. The normalized spacial score (nSPS) is 15.6. The number of anilines is 2. The smallest absolute Gasteiger partial charge is 0.341 e. The minimum atomic E-state index is -4.18. The summed E-state index contributed by atoms with van der Waals surface area (Å²) < 4.78 is 38.6. The molecule has 3 rings (SSSR count). The molecule has 1 atom stereocenters. The van der Waals surface area contributed by atoms with Crippen molar-refractivity contribution in [3.05, 3.63) is 34.2 Å². The second-order valence-corrected chi connectivity index (χ2v) is 9.06. The molecule has 0 fully saturated rings. The summed E-state index contributed by atoms with van der Waals surface area (Å²) in [5, 5.41) is 2.48. The first-order valence-corrected chi connectivity index (χ1v) is 11.1. The fourth-order valence-electron chi connectivity index (χ4n) is 2.81. The third-order valence-electron chi connectivity index (χ3n) is 4.27. The van der Waals surface area contributed by atoms with Crippen molar-refractivity contribution < 1.29 is 32.3 Å². The van der Waals surface area contributed by atoms with E-state index in [0.29, 0.717) is 5.75 Å². The average Bonchev–Trinajstić information content (AvgIpc) is 2.98. The number of thiophene rings is 1. The maximum atomic E-state index is 12.9. The van der Waals surface area contributed by atoms with Gasteiger partial charge in [-0.2, -0.15) is 0 Å². The molecule has 1 aromatic carbocycles. The van der Waals surface area contributed by atoms with Crippen molar-refractivity contribution in [1.82, 2.24) is 0 Å². The molecule has 12 heteroatoms. The Morgan fingerprint density at radius 2 is 2.07 bits per heavy atom. The topological polar surface area (TPSA) is 154 Å². The van der Waals surface area contributed by atoms with Crippen LogP contribution in [0.5, 0.6) is 5.75 Å². The molecule has 1 unspecified atom stereocenters. The number of primary amides is 1. The number of carbonyl (C=O) groups is 3. The van der Waals surface area contributed by atoms with E-state index in [0.717, 1.165) is 11.3 Å². The first kappa shape index (κ1) is 21.6. The monoisotopic (exact) mass is 453 g/mol. The molecule has 0 bridgehead atoms. The molecule has 1 aliphatic rings. The quantitative estimate of drug-likeness (QED) is 0.564. The molecule has 2 aromatic rings. The predicted molar refractivity (Wildman–Crippen MR) is 110 cm³/mol. The van der Waals surface area contributed by atoms with Gasteiger partial charge in [0.2, 0.25) is 0 Å². The first-order valence-electron chi connectivity index (χ1n) is 8.79. The van der Waals surface area contributed by atoms with E-state index in [1.54, 1.807) is 13.8 Å². The van der Waals surface area contributed by atoms with Gasteiger partial charge in [-0.3, -0.25) is 14.3 Å². The van der Waals surface area contributed by atoms with Crippen molar-refractivity contribution in [2.75, 3.05) is 16.6 Å². The van der Waals surface area contributed by atoms with Crippen molar-refractivity contribution in [3.63, 3.8) is 0 Å². The number of nitrogens with one attached hydrogen (secondary N) is 2. The maximum Gasteiger partial charge on any atom is 0.341 e. The second kappa shape index (κ2) is 7.95. The van der Waals surface area contributed by atoms with Crippen LogP contribution in [-0.4, -0.2) is 38.9 Å². The summed E-state index contributed by atoms with van der Waals surface area (Å²) in [6.45, 7) is 4.71. The SMILES string of the molecule is CCOC(=O)c1c(NS(=O)(=O)c2ccc3c(c2)NC(=O)C(C)O3)sc(C(N)=O)c1C. The Labute approximate surface area is 176 Å². The molecule has 160 valence electrons. The number of amides is 2. The number of hydrogen-bond acceptors (Lipinski definition) is 8. The van der Waals surface area contributed by atoms with Gasteiger partial charge in [-0.15, -0.1) is 11.3 Å². The van der Waals surface area contributed by atoms with Crippen LogP contribution >= 0.6 is 11.3 Å². The van der Waals surface area contributed by atoms with Crippen LogP contribution in [0.1, 0.15) is 39.4 Å². The van der Waals surface area contributed by atoms with Crippen LogP contribution < -0.4 is 20.5 Å². The molecule has 4 N–H and O–H groups in total. The number of hydrogen-bond donors (Lipinski definition) is 3. The minimum Gasteiger partial charge on any atom is -0.479 e. The average molecular weight is 453 g/mol. The number of carbonyl (C=O) groups excluding carboxylic acids is 3. The lowest BCUT2D eigenvalue weighted by molar-refractivity contribution is -0.122. The molecule has 0 saturated carbocycles. The fraction of sp³-hybridized carbons (Fsp3) is 0.278. The van der Waals surface area contributed by atoms with Crippen LogP contribution in [-0.2, 0) is 19.6 Å². The van der Waals surface area contributed by atoms with Gasteiger partial charge < -0.3 is 20.5 Å². The molecule has 0 aliphatic carbocycles. The Morgan fingerprint density at radius 3 is 2.70 bits per heavy atom. The van der Waals surface area contributed by atoms with Crippen LogP contribution in [0.25, 0.3) is 0 Å². The number of rotatable bonds is 6. The van der Waals surface area contributed by atoms with Crippen LogP contribution in [0, 0.1) is 6.92 Å². The van der Waals surface area contributed by atoms with E-state index in [1.807, 2.05) is 0 Å². The maximum absolute atomic E-state index is 12.9. The van der Waals surface area contributed by atoms with E-state index < -0.39 is 33.9 Å². The minimum absolute atomic E-state index is 0.0378. The summed E-state index contributed by atoms with van der Waals surface area (Å²) in [6, 6.07) is 3.95. The molecule has 1 aromatic heterocycles. The van der Waals surface area contributed by atoms with E-state index in [1.165, 1.54) is 25.1 Å². The number of esters is 1. The van der Waals surface area contributed by atoms with E-state index >= 15 is 0 Å². The number of fused-ring (bicyclic) bond motifs is 1. The highest BCUT2D eigenvalue weighted by Crippen LogP contribution is 2.36. The van der Waals surface area contributed by atoms with Crippen LogP contribution in [0.2, 0.25) is 0 Å². The Kier molecular flexibility index (Phi) is 5.72. The Morgan fingerprint density at radius 1 is 1.37 bits per heavy atom. The van der Waals surface area contributed by atoms with Gasteiger partial charge in [0.25, 0.3) is 21.8 Å². The third kappa shape index (κ3) is 3.96. The van der Waals surface area contributed by atoms with Crippen molar-refractivity contribution >= 4 is 49.8 Å². The lowest BCUT2D eigenvalue weighted by Gasteiger charge is -2.23. The molecule has 0 spiro atoms. The molecular formula is C18H19N3O7S2. The van der Waals surface area contributed by atoms with Crippen LogP contribution in [0.4, 0.5) is 10.7 Å². The van der Waals surface area contributed by atoms with E-state index in [2.05, 4.69) is 10.0 Å². The van der Waals surface area contributed by atoms with Gasteiger partial charge in [-0.1, -0.05) is 0 Å². The summed E-state index contributed by atoms with van der Waals surface area (Å²) in [5.74, 6) is -1.65. The molecule has 0 saturated heterocycles. The van der Waals surface area contributed by atoms with Gasteiger partial charge in [-0.25, -0.2) is 13.2 Å². The highest BCUT2D eigenvalue weighted by Gasteiger charge is 2.29. The Balaban J connectivity index is 2.01. The zero-order valence-corrected chi connectivity index (χ0v) is 17.9. The molecule has 10 nitrogen and oxygen atoms in total. The van der Waals surface area contributed by atoms with Crippen molar-refractivity contribution in [2.24, 2.45) is 5.73 Å². The first-order chi connectivity index (χ1) is 14.0. The standard InChI is InChI=1S/C18H19N3O7S2/c1-4-27-18(24)13-8(2)14(15(19)22)29-17(13)21-30(25,26)10-5-6-12-11(7-10)20-16(23)9(3)28-12/h5-7,9,21H,4H2,1-3H3,(H2,19,22)(H,20,23). The molecule has 1 aliphatic heterocycles. The van der Waals surface area contributed by atoms with Crippen LogP contribution in [0.15, 0.2) is 23.1 Å².